The molecule has 0 radical (unpaired) electrons. The number of fused-ring (bicyclic) bond motifs is 1. The summed E-state index contributed by atoms with van der Waals surface area (Å²) in [5, 5.41) is 3.10. The van der Waals surface area contributed by atoms with E-state index in [0.717, 1.165) is 45.3 Å². The van der Waals surface area contributed by atoms with E-state index in [1.807, 2.05) is 12.1 Å². The first kappa shape index (κ1) is 22.5. The third-order valence-electron chi connectivity index (χ3n) is 8.27. The largest absolute Gasteiger partial charge is 0.368 e. The first-order valence-corrected chi connectivity index (χ1v) is 12.6. The molecular formula is C26H35N3O4. The Bertz CT molecular complexity index is 901. The summed E-state index contributed by atoms with van der Waals surface area (Å²) in [6.45, 7) is 6.16. The number of carbonyl (C=O) groups is 3. The Balaban J connectivity index is 1.27. The number of ether oxygens (including phenoxy) is 1. The number of rotatable bonds is 5. The molecule has 0 bridgehead atoms. The predicted octanol–water partition coefficient (Wildman–Crippen LogP) is 2.50. The van der Waals surface area contributed by atoms with Crippen LogP contribution < -0.4 is 5.32 Å². The molecule has 7 heteroatoms. The summed E-state index contributed by atoms with van der Waals surface area (Å²) in [6.07, 6.45) is 5.83. The topological polar surface area (TPSA) is 79.0 Å². The number of hydrogen-bond acceptors (Lipinski definition) is 5. The number of piperidine rings is 1. The number of nitrogens with one attached hydrogen (secondary N) is 1. The van der Waals surface area contributed by atoms with E-state index in [1.54, 1.807) is 4.90 Å². The fourth-order valence-electron chi connectivity index (χ4n) is 6.25. The van der Waals surface area contributed by atoms with Crippen LogP contribution in [-0.2, 0) is 14.3 Å². The van der Waals surface area contributed by atoms with E-state index >= 15 is 0 Å². The summed E-state index contributed by atoms with van der Waals surface area (Å²) in [5.41, 5.74) is 0.959. The summed E-state index contributed by atoms with van der Waals surface area (Å²) in [5.74, 6) is 0.203. The van der Waals surface area contributed by atoms with Crippen LogP contribution in [0.4, 0.5) is 0 Å². The number of carbonyl (C=O) groups excluding carboxylic acids is 3. The monoisotopic (exact) mass is 453 g/mol. The maximum atomic E-state index is 13.6. The van der Waals surface area contributed by atoms with Crippen LogP contribution in [0.15, 0.2) is 24.3 Å². The number of hydrogen-bond donors (Lipinski definition) is 1. The van der Waals surface area contributed by atoms with Crippen LogP contribution in [-0.4, -0.2) is 77.9 Å². The lowest BCUT2D eigenvalue weighted by molar-refractivity contribution is -0.142. The molecule has 1 N–H and O–H groups in total. The van der Waals surface area contributed by atoms with Gasteiger partial charge < -0.3 is 19.9 Å². The lowest BCUT2D eigenvalue weighted by atomic mass is 9.89. The van der Waals surface area contributed by atoms with Crippen molar-refractivity contribution in [2.45, 2.75) is 75.5 Å². The SMILES string of the molecule is CCN1CCC(c2ccc(C(=O)NC3(C(=O)N4CC[C@H]5OCC(=O)[C@H]54)CCCC3)cc2)CC1. The van der Waals surface area contributed by atoms with Crippen molar-refractivity contribution < 1.29 is 19.1 Å². The average Bonchev–Trinajstić information content (AvgIpc) is 3.58. The van der Waals surface area contributed by atoms with Crippen LogP contribution in [0, 0.1) is 0 Å². The predicted molar refractivity (Wildman–Crippen MR) is 124 cm³/mol. The number of ketones is 1. The number of benzene rings is 1. The normalized spacial score (nSPS) is 27.7. The van der Waals surface area contributed by atoms with Crippen LogP contribution >= 0.6 is 0 Å². The van der Waals surface area contributed by atoms with E-state index in [-0.39, 0.29) is 30.3 Å². The summed E-state index contributed by atoms with van der Waals surface area (Å²) in [7, 11) is 0. The van der Waals surface area contributed by atoms with Crippen molar-refractivity contribution in [3.63, 3.8) is 0 Å². The zero-order valence-corrected chi connectivity index (χ0v) is 19.6. The average molecular weight is 454 g/mol. The molecule has 178 valence electrons. The fraction of sp³-hybridized carbons (Fsp3) is 0.654. The van der Waals surface area contributed by atoms with E-state index in [2.05, 4.69) is 29.3 Å². The molecule has 33 heavy (non-hydrogen) atoms. The minimum Gasteiger partial charge on any atom is -0.368 e. The van der Waals surface area contributed by atoms with Crippen molar-refractivity contribution in [2.24, 2.45) is 0 Å². The molecule has 1 aromatic carbocycles. The van der Waals surface area contributed by atoms with Crippen molar-refractivity contribution in [3.8, 4) is 0 Å². The van der Waals surface area contributed by atoms with Gasteiger partial charge in [0.05, 0.1) is 6.10 Å². The first-order chi connectivity index (χ1) is 16.0. The molecule has 1 aromatic rings. The van der Waals surface area contributed by atoms with E-state index in [9.17, 15) is 14.4 Å². The van der Waals surface area contributed by atoms with Crippen LogP contribution in [0.25, 0.3) is 0 Å². The molecule has 0 unspecified atom stereocenters. The quantitative estimate of drug-likeness (QED) is 0.741. The molecule has 3 aliphatic heterocycles. The third kappa shape index (κ3) is 4.21. The number of Topliss-reactive ketones (excluding diaryl/α,β-unsaturated/α-hetero) is 1. The standard InChI is InChI=1S/C26H35N3O4/c1-2-28-14-9-19(10-15-28)18-5-7-20(8-6-18)24(31)27-26(12-3-4-13-26)25(32)29-16-11-22-23(29)21(30)17-33-22/h5-8,19,22-23H,2-4,9-17H2,1H3,(H,27,31)/t22-,23-/m1/s1. The number of likely N-dealkylation sites (tertiary alicyclic amines) is 2. The van der Waals surface area contributed by atoms with Crippen molar-refractivity contribution >= 4 is 17.6 Å². The lowest BCUT2D eigenvalue weighted by Gasteiger charge is -2.35. The molecule has 5 rings (SSSR count). The summed E-state index contributed by atoms with van der Waals surface area (Å²) in [4.78, 5) is 43.3. The molecule has 0 aromatic heterocycles. The van der Waals surface area contributed by atoms with Crippen LogP contribution in [0.1, 0.15) is 73.7 Å². The Morgan fingerprint density at radius 1 is 1.06 bits per heavy atom. The van der Waals surface area contributed by atoms with Gasteiger partial charge in [0.25, 0.3) is 5.91 Å². The highest BCUT2D eigenvalue weighted by atomic mass is 16.5. The molecule has 2 amide bonds. The van der Waals surface area contributed by atoms with E-state index < -0.39 is 11.6 Å². The van der Waals surface area contributed by atoms with E-state index in [0.29, 0.717) is 37.3 Å². The molecule has 3 saturated heterocycles. The molecule has 2 atom stereocenters. The van der Waals surface area contributed by atoms with Crippen LogP contribution in [0.3, 0.4) is 0 Å². The van der Waals surface area contributed by atoms with Gasteiger partial charge in [-0.15, -0.1) is 0 Å². The van der Waals surface area contributed by atoms with Gasteiger partial charge >= 0.3 is 0 Å². The maximum absolute atomic E-state index is 13.6. The van der Waals surface area contributed by atoms with Crippen molar-refractivity contribution in [3.05, 3.63) is 35.4 Å². The third-order valence-corrected chi connectivity index (χ3v) is 8.27. The molecule has 1 saturated carbocycles. The minimum absolute atomic E-state index is 0.0225. The highest BCUT2D eigenvalue weighted by Crippen LogP contribution is 2.36. The van der Waals surface area contributed by atoms with Gasteiger partial charge in [0, 0.05) is 12.1 Å². The molecule has 4 aliphatic rings. The van der Waals surface area contributed by atoms with Gasteiger partial charge in [0.15, 0.2) is 5.78 Å². The first-order valence-electron chi connectivity index (χ1n) is 12.6. The van der Waals surface area contributed by atoms with Gasteiger partial charge in [-0.2, -0.15) is 0 Å². The fourth-order valence-corrected chi connectivity index (χ4v) is 6.25. The van der Waals surface area contributed by atoms with Crippen LogP contribution in [0.5, 0.6) is 0 Å². The van der Waals surface area contributed by atoms with Crippen molar-refractivity contribution in [1.29, 1.82) is 0 Å². The molecule has 1 aliphatic carbocycles. The van der Waals surface area contributed by atoms with Gasteiger partial charge in [-0.05, 0) is 75.4 Å². The highest BCUT2D eigenvalue weighted by molar-refractivity contribution is 6.01. The molecular weight excluding hydrogens is 418 g/mol. The number of amides is 2. The summed E-state index contributed by atoms with van der Waals surface area (Å²) < 4.78 is 5.56. The van der Waals surface area contributed by atoms with Crippen LogP contribution in [0.2, 0.25) is 0 Å². The second kappa shape index (κ2) is 9.18. The van der Waals surface area contributed by atoms with Gasteiger partial charge in [0.1, 0.15) is 18.2 Å². The van der Waals surface area contributed by atoms with E-state index in [1.165, 1.54) is 5.56 Å². The van der Waals surface area contributed by atoms with Crippen molar-refractivity contribution in [2.75, 3.05) is 32.8 Å². The van der Waals surface area contributed by atoms with Gasteiger partial charge in [-0.25, -0.2) is 0 Å². The lowest BCUT2D eigenvalue weighted by Crippen LogP contribution is -2.60. The smallest absolute Gasteiger partial charge is 0.252 e. The molecule has 0 spiro atoms. The van der Waals surface area contributed by atoms with Gasteiger partial charge in [0.2, 0.25) is 5.91 Å². The Labute approximate surface area is 195 Å². The Hall–Kier alpha value is -2.25. The Kier molecular flexibility index (Phi) is 6.27. The summed E-state index contributed by atoms with van der Waals surface area (Å²) >= 11 is 0. The molecule has 3 heterocycles. The minimum atomic E-state index is -0.916. The van der Waals surface area contributed by atoms with Gasteiger partial charge in [-0.1, -0.05) is 31.9 Å². The maximum Gasteiger partial charge on any atom is 0.252 e. The Morgan fingerprint density at radius 2 is 1.76 bits per heavy atom. The second-order valence-electron chi connectivity index (χ2n) is 10.1. The zero-order valence-electron chi connectivity index (χ0n) is 19.6. The van der Waals surface area contributed by atoms with E-state index in [4.69, 9.17) is 4.74 Å². The van der Waals surface area contributed by atoms with Crippen molar-refractivity contribution in [1.82, 2.24) is 15.1 Å². The number of nitrogens with zero attached hydrogens (tertiary/aromatic N) is 2. The Morgan fingerprint density at radius 3 is 2.42 bits per heavy atom. The zero-order chi connectivity index (χ0) is 23.0. The summed E-state index contributed by atoms with van der Waals surface area (Å²) in [6, 6.07) is 7.45. The van der Waals surface area contributed by atoms with Gasteiger partial charge in [-0.3, -0.25) is 14.4 Å². The highest BCUT2D eigenvalue weighted by Gasteiger charge is 2.53. The second-order valence-corrected chi connectivity index (χ2v) is 10.1. The molecule has 4 fully saturated rings. The molecule has 7 nitrogen and oxygen atoms in total.